The highest BCUT2D eigenvalue weighted by atomic mass is 32.2. The van der Waals surface area contributed by atoms with Crippen LogP contribution in [0.25, 0.3) is 5.69 Å². The molecule has 1 N–H and O–H groups in total. The van der Waals surface area contributed by atoms with Crippen LogP contribution in [0.5, 0.6) is 0 Å². The first kappa shape index (κ1) is 23.2. The predicted octanol–water partition coefficient (Wildman–Crippen LogP) is 3.81. The number of para-hydroxylation sites is 1. The third-order valence-electron chi connectivity index (χ3n) is 5.80. The van der Waals surface area contributed by atoms with Gasteiger partial charge in [0.15, 0.2) is 0 Å². The predicted molar refractivity (Wildman–Crippen MR) is 124 cm³/mol. The Balaban J connectivity index is 1.63. The monoisotopic (exact) mass is 471 g/mol. The van der Waals surface area contributed by atoms with Crippen molar-refractivity contribution < 1.29 is 22.3 Å². The van der Waals surface area contributed by atoms with Crippen LogP contribution in [0.4, 0.5) is 10.1 Å². The lowest BCUT2D eigenvalue weighted by Gasteiger charge is -2.26. The number of aryl methyl sites for hydroxylation is 2. The van der Waals surface area contributed by atoms with Gasteiger partial charge in [0.2, 0.25) is 10.0 Å². The van der Waals surface area contributed by atoms with Gasteiger partial charge in [0.05, 0.1) is 29.4 Å². The fourth-order valence-corrected chi connectivity index (χ4v) is 5.74. The second-order valence-electron chi connectivity index (χ2n) is 8.02. The second-order valence-corrected chi connectivity index (χ2v) is 9.93. The Morgan fingerprint density at radius 1 is 1.03 bits per heavy atom. The van der Waals surface area contributed by atoms with E-state index in [1.54, 1.807) is 61.7 Å². The summed E-state index contributed by atoms with van der Waals surface area (Å²) in [7, 11) is -3.71. The maximum Gasteiger partial charge on any atom is 0.257 e. The maximum atomic E-state index is 14.3. The van der Waals surface area contributed by atoms with Crippen molar-refractivity contribution in [3.63, 3.8) is 0 Å². The zero-order chi connectivity index (χ0) is 23.8. The fraction of sp³-hybridized carbons (Fsp3) is 0.292. The molecule has 1 amide bonds. The Kier molecular flexibility index (Phi) is 6.38. The zero-order valence-electron chi connectivity index (χ0n) is 18.8. The van der Waals surface area contributed by atoms with Crippen LogP contribution in [-0.2, 0) is 14.8 Å². The number of nitrogens with one attached hydrogen (secondary N) is 1. The van der Waals surface area contributed by atoms with Crippen molar-refractivity contribution in [2.24, 2.45) is 0 Å². The van der Waals surface area contributed by atoms with E-state index in [2.05, 4.69) is 5.32 Å². The SMILES string of the molecule is Cc1ccc(NC(=O)c2cc(C)n(-c3ccccc3F)c2C)cc1S(=O)(=O)N1CCOCC1. The van der Waals surface area contributed by atoms with Gasteiger partial charge in [-0.2, -0.15) is 4.31 Å². The molecule has 1 aliphatic heterocycles. The van der Waals surface area contributed by atoms with Gasteiger partial charge in [-0.05, 0) is 56.7 Å². The molecule has 2 heterocycles. The van der Waals surface area contributed by atoms with Gasteiger partial charge < -0.3 is 14.6 Å². The van der Waals surface area contributed by atoms with Gasteiger partial charge in [0.1, 0.15) is 5.82 Å². The Morgan fingerprint density at radius 3 is 2.42 bits per heavy atom. The molecule has 4 rings (SSSR count). The van der Waals surface area contributed by atoms with Gasteiger partial charge in [0, 0.05) is 30.2 Å². The summed E-state index contributed by atoms with van der Waals surface area (Å²) in [5.41, 5.74) is 3.01. The van der Waals surface area contributed by atoms with Crippen molar-refractivity contribution in [3.05, 3.63) is 76.9 Å². The summed E-state index contributed by atoms with van der Waals surface area (Å²) in [6.07, 6.45) is 0. The second kappa shape index (κ2) is 9.09. The molecule has 0 radical (unpaired) electrons. The van der Waals surface area contributed by atoms with Crippen molar-refractivity contribution in [1.29, 1.82) is 0 Å². The highest BCUT2D eigenvalue weighted by molar-refractivity contribution is 7.89. The topological polar surface area (TPSA) is 80.6 Å². The Bertz CT molecular complexity index is 1310. The number of ether oxygens (including phenoxy) is 1. The lowest BCUT2D eigenvalue weighted by molar-refractivity contribution is 0.0730. The summed E-state index contributed by atoms with van der Waals surface area (Å²) in [5.74, 6) is -0.785. The number of nitrogens with zero attached hydrogens (tertiary/aromatic N) is 2. The number of carbonyl (C=O) groups excluding carboxylic acids is 1. The molecule has 33 heavy (non-hydrogen) atoms. The average molecular weight is 472 g/mol. The van der Waals surface area contributed by atoms with Crippen LogP contribution < -0.4 is 5.32 Å². The van der Waals surface area contributed by atoms with E-state index in [0.717, 1.165) is 0 Å². The first-order chi connectivity index (χ1) is 15.7. The minimum atomic E-state index is -3.71. The van der Waals surface area contributed by atoms with Crippen molar-refractivity contribution in [2.75, 3.05) is 31.6 Å². The third-order valence-corrected chi connectivity index (χ3v) is 7.84. The number of carbonyl (C=O) groups is 1. The number of halogens is 1. The van der Waals surface area contributed by atoms with Gasteiger partial charge in [-0.15, -0.1) is 0 Å². The van der Waals surface area contributed by atoms with E-state index in [1.807, 2.05) is 0 Å². The molecule has 0 atom stereocenters. The van der Waals surface area contributed by atoms with Crippen LogP contribution in [0.2, 0.25) is 0 Å². The molecule has 0 aliphatic carbocycles. The van der Waals surface area contributed by atoms with E-state index in [-0.39, 0.29) is 10.7 Å². The molecule has 1 fully saturated rings. The molecule has 0 bridgehead atoms. The van der Waals surface area contributed by atoms with Crippen molar-refractivity contribution in [2.45, 2.75) is 25.7 Å². The lowest BCUT2D eigenvalue weighted by Crippen LogP contribution is -2.40. The van der Waals surface area contributed by atoms with Crippen LogP contribution in [0, 0.1) is 26.6 Å². The number of hydrogen-bond donors (Lipinski definition) is 1. The maximum absolute atomic E-state index is 14.3. The quantitative estimate of drug-likeness (QED) is 0.614. The number of sulfonamides is 1. The molecule has 1 aliphatic rings. The number of amides is 1. The van der Waals surface area contributed by atoms with Crippen LogP contribution in [-0.4, -0.2) is 49.5 Å². The summed E-state index contributed by atoms with van der Waals surface area (Å²) < 4.78 is 48.9. The third kappa shape index (κ3) is 4.44. The van der Waals surface area contributed by atoms with E-state index in [1.165, 1.54) is 16.4 Å². The van der Waals surface area contributed by atoms with Crippen molar-refractivity contribution in [3.8, 4) is 5.69 Å². The number of rotatable bonds is 5. The van der Waals surface area contributed by atoms with Gasteiger partial charge in [-0.25, -0.2) is 12.8 Å². The van der Waals surface area contributed by atoms with E-state index < -0.39 is 15.9 Å². The summed E-state index contributed by atoms with van der Waals surface area (Å²) in [5, 5.41) is 2.79. The van der Waals surface area contributed by atoms with Crippen molar-refractivity contribution in [1.82, 2.24) is 8.87 Å². The molecule has 0 saturated carbocycles. The lowest BCUT2D eigenvalue weighted by atomic mass is 10.2. The molecular weight excluding hydrogens is 445 g/mol. The summed E-state index contributed by atoms with van der Waals surface area (Å²) >= 11 is 0. The zero-order valence-corrected chi connectivity index (χ0v) is 19.6. The Morgan fingerprint density at radius 2 is 1.73 bits per heavy atom. The highest BCUT2D eigenvalue weighted by Crippen LogP contribution is 2.27. The van der Waals surface area contributed by atoms with Crippen LogP contribution in [0.3, 0.4) is 0 Å². The number of aromatic nitrogens is 1. The molecule has 174 valence electrons. The normalized spacial score (nSPS) is 14.9. The molecule has 0 spiro atoms. The highest BCUT2D eigenvalue weighted by Gasteiger charge is 2.28. The Hall–Kier alpha value is -3.01. The van der Waals surface area contributed by atoms with E-state index in [0.29, 0.717) is 60.2 Å². The number of morpholine rings is 1. The molecule has 1 saturated heterocycles. The minimum Gasteiger partial charge on any atom is -0.379 e. The minimum absolute atomic E-state index is 0.152. The van der Waals surface area contributed by atoms with Crippen LogP contribution in [0.1, 0.15) is 27.3 Å². The summed E-state index contributed by atoms with van der Waals surface area (Å²) in [6, 6.07) is 12.9. The first-order valence-corrected chi connectivity index (χ1v) is 12.1. The molecule has 3 aromatic rings. The first-order valence-electron chi connectivity index (χ1n) is 10.6. The smallest absolute Gasteiger partial charge is 0.257 e. The molecule has 2 aromatic carbocycles. The fourth-order valence-electron chi connectivity index (χ4n) is 4.08. The van der Waals surface area contributed by atoms with Crippen molar-refractivity contribution >= 4 is 21.6 Å². The standard InChI is InChI=1S/C24H26FN3O4S/c1-16-8-9-19(15-23(16)33(30,31)27-10-12-32-13-11-27)26-24(29)20-14-17(2)28(18(20)3)22-7-5-4-6-21(22)25/h4-9,14-15H,10-13H2,1-3H3,(H,26,29). The molecule has 7 nitrogen and oxygen atoms in total. The van der Waals surface area contributed by atoms with E-state index >= 15 is 0 Å². The molecule has 1 aromatic heterocycles. The molecular formula is C24H26FN3O4S. The van der Waals surface area contributed by atoms with Crippen LogP contribution >= 0.6 is 0 Å². The Labute approximate surface area is 192 Å². The van der Waals surface area contributed by atoms with Crippen LogP contribution in [0.15, 0.2) is 53.4 Å². The average Bonchev–Trinajstić information content (AvgIpc) is 3.10. The number of hydrogen-bond acceptors (Lipinski definition) is 4. The molecule has 9 heteroatoms. The number of benzene rings is 2. The summed E-state index contributed by atoms with van der Waals surface area (Å²) in [6.45, 7) is 6.56. The van der Waals surface area contributed by atoms with Gasteiger partial charge in [-0.3, -0.25) is 4.79 Å². The number of anilines is 1. The van der Waals surface area contributed by atoms with Gasteiger partial charge in [-0.1, -0.05) is 18.2 Å². The van der Waals surface area contributed by atoms with E-state index in [9.17, 15) is 17.6 Å². The largest absolute Gasteiger partial charge is 0.379 e. The van der Waals surface area contributed by atoms with Gasteiger partial charge in [0.25, 0.3) is 5.91 Å². The summed E-state index contributed by atoms with van der Waals surface area (Å²) in [4.78, 5) is 13.2. The van der Waals surface area contributed by atoms with E-state index in [4.69, 9.17) is 4.74 Å². The molecule has 0 unspecified atom stereocenters. The van der Waals surface area contributed by atoms with Gasteiger partial charge >= 0.3 is 0 Å².